The molecule has 0 aromatic heterocycles. The number of carboxylic acid groups (broad SMARTS) is 1. The maximum atomic E-state index is 11.3. The van der Waals surface area contributed by atoms with Gasteiger partial charge in [0.15, 0.2) is 0 Å². The molecular weight excluding hydrogens is 254 g/mol. The summed E-state index contributed by atoms with van der Waals surface area (Å²) in [7, 11) is 0. The maximum absolute atomic E-state index is 11.3. The SMILES string of the molecule is C=CCOC(=O)NCC12CC(C(=O)O)(C1)C(CO)O2. The van der Waals surface area contributed by atoms with Crippen molar-refractivity contribution in [1.29, 1.82) is 0 Å². The molecule has 2 heterocycles. The van der Waals surface area contributed by atoms with Crippen LogP contribution in [0.5, 0.6) is 0 Å². The molecule has 7 heteroatoms. The van der Waals surface area contributed by atoms with Crippen molar-refractivity contribution in [3.05, 3.63) is 12.7 Å². The minimum Gasteiger partial charge on any atom is -0.481 e. The molecule has 1 amide bonds. The highest BCUT2D eigenvalue weighted by molar-refractivity contribution is 5.78. The molecule has 3 fully saturated rings. The minimum absolute atomic E-state index is 0.109. The molecule has 2 aliphatic heterocycles. The Morgan fingerprint density at radius 2 is 2.21 bits per heavy atom. The molecule has 1 unspecified atom stereocenters. The lowest BCUT2D eigenvalue weighted by Crippen LogP contribution is -2.55. The molecule has 2 bridgehead atoms. The lowest BCUT2D eigenvalue weighted by molar-refractivity contribution is -0.155. The average molecular weight is 271 g/mol. The highest BCUT2D eigenvalue weighted by atomic mass is 16.6. The van der Waals surface area contributed by atoms with Gasteiger partial charge < -0.3 is 25.0 Å². The number of hydrogen-bond donors (Lipinski definition) is 3. The van der Waals surface area contributed by atoms with E-state index in [2.05, 4.69) is 11.9 Å². The second-order valence-electron chi connectivity index (χ2n) is 5.03. The van der Waals surface area contributed by atoms with Crippen LogP contribution in [0.25, 0.3) is 0 Å². The van der Waals surface area contributed by atoms with Gasteiger partial charge in [0.05, 0.1) is 24.9 Å². The number of nitrogens with one attached hydrogen (secondary N) is 1. The number of amides is 1. The zero-order valence-corrected chi connectivity index (χ0v) is 10.4. The number of carboxylic acids is 1. The van der Waals surface area contributed by atoms with Crippen molar-refractivity contribution in [3.63, 3.8) is 0 Å². The predicted octanol–water partition coefficient (Wildman–Crippen LogP) is -0.107. The Bertz CT molecular complexity index is 401. The number of hydrogen-bond acceptors (Lipinski definition) is 5. The van der Waals surface area contributed by atoms with Crippen LogP contribution < -0.4 is 5.32 Å². The first-order valence-corrected chi connectivity index (χ1v) is 6.02. The van der Waals surface area contributed by atoms with Crippen molar-refractivity contribution >= 4 is 12.1 Å². The smallest absolute Gasteiger partial charge is 0.407 e. The van der Waals surface area contributed by atoms with E-state index in [-0.39, 0.29) is 19.8 Å². The number of carbonyl (C=O) groups is 2. The third-order valence-electron chi connectivity index (χ3n) is 3.76. The molecule has 0 radical (unpaired) electrons. The summed E-state index contributed by atoms with van der Waals surface area (Å²) in [6.07, 6.45) is 0.726. The summed E-state index contributed by atoms with van der Waals surface area (Å²) >= 11 is 0. The van der Waals surface area contributed by atoms with E-state index in [0.29, 0.717) is 12.8 Å². The molecule has 0 aromatic rings. The molecule has 7 nitrogen and oxygen atoms in total. The van der Waals surface area contributed by atoms with Gasteiger partial charge in [-0.1, -0.05) is 12.7 Å². The number of fused-ring (bicyclic) bond motifs is 1. The first-order chi connectivity index (χ1) is 8.98. The zero-order chi connectivity index (χ0) is 14.1. The van der Waals surface area contributed by atoms with Crippen molar-refractivity contribution in [2.24, 2.45) is 5.41 Å². The van der Waals surface area contributed by atoms with E-state index in [4.69, 9.17) is 9.47 Å². The summed E-state index contributed by atoms with van der Waals surface area (Å²) in [6.45, 7) is 3.36. The van der Waals surface area contributed by atoms with Crippen molar-refractivity contribution < 1.29 is 29.3 Å². The molecule has 3 rings (SSSR count). The van der Waals surface area contributed by atoms with Crippen molar-refractivity contribution in [2.45, 2.75) is 24.5 Å². The molecule has 1 atom stereocenters. The Morgan fingerprint density at radius 1 is 1.53 bits per heavy atom. The van der Waals surface area contributed by atoms with Gasteiger partial charge in [-0.15, -0.1) is 0 Å². The Morgan fingerprint density at radius 3 is 2.68 bits per heavy atom. The van der Waals surface area contributed by atoms with Gasteiger partial charge in [0.1, 0.15) is 12.0 Å². The molecule has 1 aliphatic carbocycles. The van der Waals surface area contributed by atoms with Crippen LogP contribution in [-0.4, -0.2) is 53.7 Å². The van der Waals surface area contributed by atoms with Crippen molar-refractivity contribution in [1.82, 2.24) is 5.32 Å². The van der Waals surface area contributed by atoms with Crippen LogP contribution in [0.15, 0.2) is 12.7 Å². The predicted molar refractivity (Wildman–Crippen MR) is 63.5 cm³/mol. The van der Waals surface area contributed by atoms with E-state index < -0.39 is 29.2 Å². The fraction of sp³-hybridized carbons (Fsp3) is 0.667. The third-order valence-corrected chi connectivity index (χ3v) is 3.76. The Hall–Kier alpha value is -1.60. The molecule has 106 valence electrons. The largest absolute Gasteiger partial charge is 0.481 e. The normalized spacial score (nSPS) is 35.3. The van der Waals surface area contributed by atoms with Gasteiger partial charge in [-0.05, 0) is 12.8 Å². The van der Waals surface area contributed by atoms with E-state index in [1.807, 2.05) is 0 Å². The lowest BCUT2D eigenvalue weighted by Gasteiger charge is -2.42. The Labute approximate surface area is 110 Å². The molecule has 1 saturated carbocycles. The lowest BCUT2D eigenvalue weighted by atomic mass is 9.60. The standard InChI is InChI=1S/C12H17NO6/c1-2-3-18-10(17)13-7-11-5-12(6-11,9(15)16)8(4-14)19-11/h2,8,14H,1,3-7H2,(H,13,17)(H,15,16). The van der Waals surface area contributed by atoms with Gasteiger partial charge in [0.2, 0.25) is 0 Å². The van der Waals surface area contributed by atoms with E-state index in [9.17, 15) is 19.8 Å². The summed E-state index contributed by atoms with van der Waals surface area (Å²) in [6, 6.07) is 0. The van der Waals surface area contributed by atoms with Crippen LogP contribution in [0.3, 0.4) is 0 Å². The summed E-state index contributed by atoms with van der Waals surface area (Å²) < 4.78 is 10.3. The van der Waals surface area contributed by atoms with Gasteiger partial charge in [-0.3, -0.25) is 4.79 Å². The van der Waals surface area contributed by atoms with Crippen molar-refractivity contribution in [3.8, 4) is 0 Å². The molecule has 3 N–H and O–H groups in total. The summed E-state index contributed by atoms with van der Waals surface area (Å²) in [5, 5.41) is 20.9. The van der Waals surface area contributed by atoms with Crippen LogP contribution in [0, 0.1) is 5.41 Å². The van der Waals surface area contributed by atoms with Crippen molar-refractivity contribution in [2.75, 3.05) is 19.8 Å². The average Bonchev–Trinajstić information content (AvgIpc) is 2.84. The van der Waals surface area contributed by atoms with E-state index >= 15 is 0 Å². The summed E-state index contributed by atoms with van der Waals surface area (Å²) in [5.74, 6) is -0.964. The molecule has 0 aromatic carbocycles. The molecule has 3 aliphatic rings. The van der Waals surface area contributed by atoms with Gasteiger partial charge in [-0.2, -0.15) is 0 Å². The number of aliphatic hydroxyl groups excluding tert-OH is 1. The van der Waals surface area contributed by atoms with Crippen LogP contribution in [0.2, 0.25) is 0 Å². The summed E-state index contributed by atoms with van der Waals surface area (Å²) in [4.78, 5) is 22.5. The second-order valence-corrected chi connectivity index (χ2v) is 5.03. The van der Waals surface area contributed by atoms with Crippen LogP contribution >= 0.6 is 0 Å². The third kappa shape index (κ3) is 2.19. The minimum atomic E-state index is -1.01. The highest BCUT2D eigenvalue weighted by Crippen LogP contribution is 2.61. The van der Waals surface area contributed by atoms with E-state index in [0.717, 1.165) is 0 Å². The number of carbonyl (C=O) groups excluding carboxylic acids is 1. The first kappa shape index (κ1) is 13.8. The maximum Gasteiger partial charge on any atom is 0.407 e. The molecule has 0 spiro atoms. The van der Waals surface area contributed by atoms with Gasteiger partial charge in [-0.25, -0.2) is 4.79 Å². The summed E-state index contributed by atoms with van der Waals surface area (Å²) in [5.41, 5.74) is -1.71. The van der Waals surface area contributed by atoms with Gasteiger partial charge in [0, 0.05) is 0 Å². The number of ether oxygens (including phenoxy) is 2. The van der Waals surface area contributed by atoms with Crippen LogP contribution in [-0.2, 0) is 14.3 Å². The molecular formula is C12H17NO6. The quantitative estimate of drug-likeness (QED) is 0.582. The van der Waals surface area contributed by atoms with E-state index in [1.165, 1.54) is 6.08 Å². The zero-order valence-electron chi connectivity index (χ0n) is 10.4. The van der Waals surface area contributed by atoms with Gasteiger partial charge >= 0.3 is 12.1 Å². The van der Waals surface area contributed by atoms with Crippen LogP contribution in [0.4, 0.5) is 4.79 Å². The Balaban J connectivity index is 1.89. The van der Waals surface area contributed by atoms with E-state index in [1.54, 1.807) is 0 Å². The van der Waals surface area contributed by atoms with Gasteiger partial charge in [0.25, 0.3) is 0 Å². The molecule has 2 saturated heterocycles. The number of aliphatic carboxylic acids is 1. The number of alkyl carbamates (subject to hydrolysis) is 1. The first-order valence-electron chi connectivity index (χ1n) is 6.02. The second kappa shape index (κ2) is 4.82. The fourth-order valence-electron chi connectivity index (χ4n) is 2.91. The topological polar surface area (TPSA) is 105 Å². The fourth-order valence-corrected chi connectivity index (χ4v) is 2.91. The Kier molecular flexibility index (Phi) is 3.51. The van der Waals surface area contributed by atoms with Crippen LogP contribution in [0.1, 0.15) is 12.8 Å². The number of aliphatic hydroxyl groups is 1. The molecule has 19 heavy (non-hydrogen) atoms. The number of rotatable bonds is 6. The highest BCUT2D eigenvalue weighted by Gasteiger charge is 2.71. The monoisotopic (exact) mass is 271 g/mol.